The van der Waals surface area contributed by atoms with E-state index in [1.807, 2.05) is 24.1 Å². The van der Waals surface area contributed by atoms with Gasteiger partial charge in [-0.3, -0.25) is 9.88 Å². The second kappa shape index (κ2) is 6.92. The van der Waals surface area contributed by atoms with Gasteiger partial charge in [-0.05, 0) is 36.9 Å². The second-order valence-corrected chi connectivity index (χ2v) is 5.61. The molecule has 2 aromatic rings. The van der Waals surface area contributed by atoms with Gasteiger partial charge < -0.3 is 5.73 Å². The largest absolute Gasteiger partial charge is 0.329 e. The lowest BCUT2D eigenvalue weighted by Crippen LogP contribution is -2.31. The van der Waals surface area contributed by atoms with Gasteiger partial charge in [0.15, 0.2) is 0 Å². The molecule has 0 fully saturated rings. The van der Waals surface area contributed by atoms with Crippen molar-refractivity contribution in [2.75, 3.05) is 13.6 Å². The summed E-state index contributed by atoms with van der Waals surface area (Å²) < 4.78 is 14.8. The maximum absolute atomic E-state index is 14.0. The van der Waals surface area contributed by atoms with Crippen LogP contribution in [0.15, 0.2) is 47.2 Å². The van der Waals surface area contributed by atoms with E-state index in [0.717, 1.165) is 10.0 Å². The lowest BCUT2D eigenvalue weighted by molar-refractivity contribution is 0.236. The van der Waals surface area contributed by atoms with Crippen LogP contribution < -0.4 is 5.73 Å². The van der Waals surface area contributed by atoms with E-state index in [9.17, 15) is 4.39 Å². The molecule has 0 aliphatic rings. The third kappa shape index (κ3) is 3.62. The van der Waals surface area contributed by atoms with Gasteiger partial charge in [0.1, 0.15) is 5.82 Å². The molecular formula is C15H17BrFN3. The molecule has 0 aliphatic carbocycles. The van der Waals surface area contributed by atoms with E-state index in [4.69, 9.17) is 5.73 Å². The van der Waals surface area contributed by atoms with Crippen LogP contribution in [-0.2, 0) is 6.54 Å². The van der Waals surface area contributed by atoms with Crippen LogP contribution in [0, 0.1) is 5.82 Å². The van der Waals surface area contributed by atoms with E-state index < -0.39 is 0 Å². The van der Waals surface area contributed by atoms with E-state index in [1.54, 1.807) is 24.5 Å². The van der Waals surface area contributed by atoms with Gasteiger partial charge >= 0.3 is 0 Å². The Morgan fingerprint density at radius 2 is 2.20 bits per heavy atom. The van der Waals surface area contributed by atoms with Gasteiger partial charge in [0.05, 0.1) is 0 Å². The fraction of sp³-hybridized carbons (Fsp3) is 0.267. The smallest absolute Gasteiger partial charge is 0.128 e. The molecule has 0 amide bonds. The fourth-order valence-corrected chi connectivity index (χ4v) is 2.58. The summed E-state index contributed by atoms with van der Waals surface area (Å²) in [6.45, 7) is 1.02. The Hall–Kier alpha value is -1.30. The molecule has 1 atom stereocenters. The molecule has 0 saturated carbocycles. The molecule has 2 N–H and O–H groups in total. The van der Waals surface area contributed by atoms with Gasteiger partial charge in [0, 0.05) is 41.6 Å². The van der Waals surface area contributed by atoms with Crippen LogP contribution in [-0.4, -0.2) is 23.5 Å². The van der Waals surface area contributed by atoms with Gasteiger partial charge in [-0.2, -0.15) is 0 Å². The predicted octanol–water partition coefficient (Wildman–Crippen LogP) is 3.12. The number of hydrogen-bond acceptors (Lipinski definition) is 3. The highest BCUT2D eigenvalue weighted by Crippen LogP contribution is 2.25. The molecule has 1 unspecified atom stereocenters. The summed E-state index contributed by atoms with van der Waals surface area (Å²) in [6.07, 6.45) is 3.54. The molecule has 1 aromatic carbocycles. The molecule has 0 spiro atoms. The van der Waals surface area contributed by atoms with E-state index in [1.165, 1.54) is 6.07 Å². The Labute approximate surface area is 126 Å². The topological polar surface area (TPSA) is 42.2 Å². The van der Waals surface area contributed by atoms with Crippen LogP contribution in [0.3, 0.4) is 0 Å². The summed E-state index contributed by atoms with van der Waals surface area (Å²) in [5.41, 5.74) is 7.52. The van der Waals surface area contributed by atoms with Crippen molar-refractivity contribution in [3.63, 3.8) is 0 Å². The maximum Gasteiger partial charge on any atom is 0.128 e. The summed E-state index contributed by atoms with van der Waals surface area (Å²) in [7, 11) is 1.94. The van der Waals surface area contributed by atoms with Crippen molar-refractivity contribution < 1.29 is 4.39 Å². The molecule has 2 rings (SSSR count). The van der Waals surface area contributed by atoms with Crippen molar-refractivity contribution >= 4 is 15.9 Å². The van der Waals surface area contributed by atoms with Crippen LogP contribution >= 0.6 is 15.9 Å². The van der Waals surface area contributed by atoms with Crippen LogP contribution in [0.4, 0.5) is 4.39 Å². The molecule has 0 bridgehead atoms. The number of halogens is 2. The average molecular weight is 338 g/mol. The predicted molar refractivity (Wildman–Crippen MR) is 81.6 cm³/mol. The zero-order valence-electron chi connectivity index (χ0n) is 11.3. The first kappa shape index (κ1) is 15.1. The normalized spacial score (nSPS) is 12.7. The number of pyridine rings is 1. The Morgan fingerprint density at radius 1 is 1.40 bits per heavy atom. The summed E-state index contributed by atoms with van der Waals surface area (Å²) in [5.74, 6) is -0.235. The number of nitrogens with zero attached hydrogens (tertiary/aromatic N) is 2. The highest BCUT2D eigenvalue weighted by molar-refractivity contribution is 9.10. The third-order valence-corrected chi connectivity index (χ3v) is 3.72. The maximum atomic E-state index is 14.0. The van der Waals surface area contributed by atoms with Gasteiger partial charge in [-0.1, -0.05) is 22.0 Å². The molecule has 0 radical (unpaired) electrons. The van der Waals surface area contributed by atoms with E-state index in [0.29, 0.717) is 18.7 Å². The first-order chi connectivity index (χ1) is 9.61. The Morgan fingerprint density at radius 3 is 2.85 bits per heavy atom. The minimum atomic E-state index is -0.235. The van der Waals surface area contributed by atoms with Crippen molar-refractivity contribution in [3.05, 3.63) is 64.1 Å². The number of nitrogens with two attached hydrogens (primary N) is 1. The first-order valence-corrected chi connectivity index (χ1v) is 7.15. The Kier molecular flexibility index (Phi) is 5.23. The van der Waals surface area contributed by atoms with Crippen LogP contribution in [0.25, 0.3) is 0 Å². The quantitative estimate of drug-likeness (QED) is 0.911. The zero-order valence-corrected chi connectivity index (χ0v) is 12.8. The molecule has 0 aliphatic heterocycles. The van der Waals surface area contributed by atoms with Crippen molar-refractivity contribution in [2.45, 2.75) is 12.6 Å². The summed E-state index contributed by atoms with van der Waals surface area (Å²) in [6, 6.07) is 8.64. The number of hydrogen-bond donors (Lipinski definition) is 1. The minimum absolute atomic E-state index is 0.173. The molecule has 1 heterocycles. The molecule has 3 nitrogen and oxygen atoms in total. The molecule has 20 heavy (non-hydrogen) atoms. The first-order valence-electron chi connectivity index (χ1n) is 6.36. The monoisotopic (exact) mass is 337 g/mol. The highest BCUT2D eigenvalue weighted by atomic mass is 79.9. The minimum Gasteiger partial charge on any atom is -0.329 e. The number of likely N-dealkylation sites (N-methyl/N-ethyl adjacent to an activating group) is 1. The summed E-state index contributed by atoms with van der Waals surface area (Å²) >= 11 is 3.37. The zero-order chi connectivity index (χ0) is 14.5. The number of benzene rings is 1. The Balaban J connectivity index is 2.21. The Bertz CT molecular complexity index is 562. The van der Waals surface area contributed by atoms with Gasteiger partial charge in [-0.25, -0.2) is 4.39 Å². The fourth-order valence-electron chi connectivity index (χ4n) is 2.20. The molecule has 1 aromatic heterocycles. The molecular weight excluding hydrogens is 321 g/mol. The van der Waals surface area contributed by atoms with Crippen molar-refractivity contribution in [1.82, 2.24) is 9.88 Å². The van der Waals surface area contributed by atoms with E-state index in [2.05, 4.69) is 20.9 Å². The van der Waals surface area contributed by atoms with E-state index >= 15 is 0 Å². The lowest BCUT2D eigenvalue weighted by atomic mass is 10.0. The van der Waals surface area contributed by atoms with Gasteiger partial charge in [0.25, 0.3) is 0 Å². The highest BCUT2D eigenvalue weighted by Gasteiger charge is 2.19. The standard InChI is InChI=1S/C15H17BrFN3/c1-20(10-11-3-2-6-19-9-11)15(8-18)13-7-12(16)4-5-14(13)17/h2-7,9,15H,8,10,18H2,1H3. The van der Waals surface area contributed by atoms with Crippen LogP contribution in [0.1, 0.15) is 17.2 Å². The van der Waals surface area contributed by atoms with Crippen molar-refractivity contribution in [3.8, 4) is 0 Å². The van der Waals surface area contributed by atoms with Crippen LogP contribution in [0.5, 0.6) is 0 Å². The SMILES string of the molecule is CN(Cc1cccnc1)C(CN)c1cc(Br)ccc1F. The summed E-state index contributed by atoms with van der Waals surface area (Å²) in [4.78, 5) is 6.12. The molecule has 106 valence electrons. The van der Waals surface area contributed by atoms with Gasteiger partial charge in [-0.15, -0.1) is 0 Å². The van der Waals surface area contributed by atoms with Crippen molar-refractivity contribution in [1.29, 1.82) is 0 Å². The third-order valence-electron chi connectivity index (χ3n) is 3.23. The average Bonchev–Trinajstić information content (AvgIpc) is 2.44. The summed E-state index contributed by atoms with van der Waals surface area (Å²) in [5, 5.41) is 0. The van der Waals surface area contributed by atoms with E-state index in [-0.39, 0.29) is 11.9 Å². The number of rotatable bonds is 5. The van der Waals surface area contributed by atoms with Crippen LogP contribution in [0.2, 0.25) is 0 Å². The second-order valence-electron chi connectivity index (χ2n) is 4.69. The molecule has 0 saturated heterocycles. The number of aromatic nitrogens is 1. The lowest BCUT2D eigenvalue weighted by Gasteiger charge is -2.27. The molecule has 5 heteroatoms. The van der Waals surface area contributed by atoms with Crippen molar-refractivity contribution in [2.24, 2.45) is 5.73 Å². The van der Waals surface area contributed by atoms with Gasteiger partial charge in [0.2, 0.25) is 0 Å².